The number of thiophene rings is 1. The molecule has 0 unspecified atom stereocenters. The molecule has 2 aromatic rings. The van der Waals surface area contributed by atoms with Crippen LogP contribution in [-0.2, 0) is 0 Å². The van der Waals surface area contributed by atoms with Crippen LogP contribution < -0.4 is 5.32 Å². The van der Waals surface area contributed by atoms with Crippen LogP contribution in [0, 0.1) is 0 Å². The maximum atomic E-state index is 3.16. The van der Waals surface area contributed by atoms with Gasteiger partial charge in [-0.2, -0.15) is 0 Å². The molecular weight excluding hydrogens is 190 g/mol. The first-order valence-electron chi connectivity index (χ1n) is 3.56. The van der Waals surface area contributed by atoms with E-state index in [1.807, 2.05) is 7.05 Å². The van der Waals surface area contributed by atoms with E-state index in [-0.39, 0.29) is 12.4 Å². The van der Waals surface area contributed by atoms with Crippen LogP contribution in [0.4, 0.5) is 5.69 Å². The van der Waals surface area contributed by atoms with Gasteiger partial charge < -0.3 is 5.32 Å². The Hall–Kier alpha value is -0.730. The van der Waals surface area contributed by atoms with Crippen LogP contribution in [0.2, 0.25) is 0 Å². The van der Waals surface area contributed by atoms with Gasteiger partial charge in [-0.1, -0.05) is 18.2 Å². The van der Waals surface area contributed by atoms with Crippen LogP contribution in [0.15, 0.2) is 29.6 Å². The van der Waals surface area contributed by atoms with Crippen LogP contribution in [0.25, 0.3) is 10.1 Å². The van der Waals surface area contributed by atoms with Gasteiger partial charge in [-0.25, -0.2) is 0 Å². The predicted octanol–water partition coefficient (Wildman–Crippen LogP) is 3.36. The Morgan fingerprint density at radius 2 is 2.00 bits per heavy atom. The van der Waals surface area contributed by atoms with E-state index < -0.39 is 0 Å². The molecule has 0 aliphatic heterocycles. The maximum absolute atomic E-state index is 3.16. The highest BCUT2D eigenvalue weighted by molar-refractivity contribution is 7.17. The molecule has 0 bridgehead atoms. The Labute approximate surface area is 81.8 Å². The number of nitrogens with one attached hydrogen (secondary N) is 1. The Morgan fingerprint density at radius 3 is 2.75 bits per heavy atom. The quantitative estimate of drug-likeness (QED) is 0.743. The normalized spacial score (nSPS) is 9.42. The van der Waals surface area contributed by atoms with Gasteiger partial charge in [-0.15, -0.1) is 23.7 Å². The number of hydrogen-bond acceptors (Lipinski definition) is 2. The molecule has 0 saturated carbocycles. The highest BCUT2D eigenvalue weighted by Crippen LogP contribution is 2.28. The average Bonchev–Trinajstić information content (AvgIpc) is 2.47. The third-order valence-corrected chi connectivity index (χ3v) is 2.71. The fourth-order valence-electron chi connectivity index (χ4n) is 1.17. The summed E-state index contributed by atoms with van der Waals surface area (Å²) in [4.78, 5) is 0. The number of anilines is 1. The summed E-state index contributed by atoms with van der Waals surface area (Å²) in [6, 6.07) is 8.41. The molecule has 0 fully saturated rings. The van der Waals surface area contributed by atoms with Gasteiger partial charge in [-0.05, 0) is 6.07 Å². The average molecular weight is 200 g/mol. The van der Waals surface area contributed by atoms with Gasteiger partial charge in [0.25, 0.3) is 0 Å². The topological polar surface area (TPSA) is 12.0 Å². The van der Waals surface area contributed by atoms with Crippen LogP contribution in [0.5, 0.6) is 0 Å². The highest BCUT2D eigenvalue weighted by Gasteiger charge is 1.98. The monoisotopic (exact) mass is 199 g/mol. The molecule has 64 valence electrons. The van der Waals surface area contributed by atoms with Gasteiger partial charge in [0, 0.05) is 22.5 Å². The second-order valence-electron chi connectivity index (χ2n) is 2.40. The zero-order valence-corrected chi connectivity index (χ0v) is 8.34. The minimum absolute atomic E-state index is 0. The number of halogens is 1. The smallest absolute Gasteiger partial charge is 0.0526 e. The van der Waals surface area contributed by atoms with Crippen LogP contribution in [-0.4, -0.2) is 7.05 Å². The van der Waals surface area contributed by atoms with Gasteiger partial charge >= 0.3 is 0 Å². The third kappa shape index (κ3) is 1.40. The summed E-state index contributed by atoms with van der Waals surface area (Å²) in [5.74, 6) is 0. The van der Waals surface area contributed by atoms with Gasteiger partial charge in [0.2, 0.25) is 0 Å². The fraction of sp³-hybridized carbons (Fsp3) is 0.111. The molecule has 1 aromatic heterocycles. The van der Waals surface area contributed by atoms with Crippen molar-refractivity contribution in [3.63, 3.8) is 0 Å². The van der Waals surface area contributed by atoms with Crippen molar-refractivity contribution in [3.8, 4) is 0 Å². The summed E-state index contributed by atoms with van der Waals surface area (Å²) in [5, 5.41) is 6.62. The van der Waals surface area contributed by atoms with E-state index in [9.17, 15) is 0 Å². The molecule has 0 saturated heterocycles. The molecule has 1 heterocycles. The minimum atomic E-state index is 0. The first-order valence-corrected chi connectivity index (χ1v) is 4.44. The van der Waals surface area contributed by atoms with E-state index in [2.05, 4.69) is 35.0 Å². The first kappa shape index (κ1) is 9.36. The maximum Gasteiger partial charge on any atom is 0.0526 e. The Bertz CT molecular complexity index is 369. The lowest BCUT2D eigenvalue weighted by Crippen LogP contribution is -1.83. The number of benzene rings is 1. The van der Waals surface area contributed by atoms with Crippen molar-refractivity contribution in [1.29, 1.82) is 0 Å². The Morgan fingerprint density at radius 1 is 1.25 bits per heavy atom. The van der Waals surface area contributed by atoms with Crippen molar-refractivity contribution in [2.75, 3.05) is 12.4 Å². The lowest BCUT2D eigenvalue weighted by Gasteiger charge is -1.94. The summed E-state index contributed by atoms with van der Waals surface area (Å²) in [6.45, 7) is 0. The lowest BCUT2D eigenvalue weighted by atomic mass is 10.2. The fourth-order valence-corrected chi connectivity index (χ4v) is 2.12. The van der Waals surface area contributed by atoms with Gasteiger partial charge in [0.1, 0.15) is 0 Å². The zero-order chi connectivity index (χ0) is 7.68. The predicted molar refractivity (Wildman–Crippen MR) is 58.6 cm³/mol. The van der Waals surface area contributed by atoms with Crippen LogP contribution >= 0.6 is 23.7 Å². The second-order valence-corrected chi connectivity index (χ2v) is 3.31. The van der Waals surface area contributed by atoms with Crippen molar-refractivity contribution in [1.82, 2.24) is 0 Å². The highest BCUT2D eigenvalue weighted by atomic mass is 35.5. The molecule has 0 aliphatic carbocycles. The van der Waals surface area contributed by atoms with Crippen LogP contribution in [0.1, 0.15) is 0 Å². The van der Waals surface area contributed by atoms with Crippen molar-refractivity contribution in [3.05, 3.63) is 29.6 Å². The number of fused-ring (bicyclic) bond motifs is 1. The molecule has 2 rings (SSSR count). The summed E-state index contributed by atoms with van der Waals surface area (Å²) in [6.07, 6.45) is 0. The molecule has 12 heavy (non-hydrogen) atoms. The molecule has 1 aromatic carbocycles. The van der Waals surface area contributed by atoms with Gasteiger partial charge in [0.15, 0.2) is 0 Å². The van der Waals surface area contributed by atoms with Crippen molar-refractivity contribution < 1.29 is 0 Å². The van der Waals surface area contributed by atoms with E-state index in [1.54, 1.807) is 11.3 Å². The van der Waals surface area contributed by atoms with Gasteiger partial charge in [0.05, 0.1) is 5.69 Å². The van der Waals surface area contributed by atoms with E-state index in [0.29, 0.717) is 0 Å². The van der Waals surface area contributed by atoms with E-state index in [4.69, 9.17) is 0 Å². The molecule has 1 nitrogen and oxygen atoms in total. The van der Waals surface area contributed by atoms with Crippen LogP contribution in [0.3, 0.4) is 0 Å². The third-order valence-electron chi connectivity index (χ3n) is 1.75. The zero-order valence-electron chi connectivity index (χ0n) is 6.70. The SMILES string of the molecule is CNc1csc2ccccc12.Cl. The summed E-state index contributed by atoms with van der Waals surface area (Å²) in [7, 11) is 1.95. The number of hydrogen-bond donors (Lipinski definition) is 1. The van der Waals surface area contributed by atoms with Crippen molar-refractivity contribution >= 4 is 39.5 Å². The molecular formula is C9H10ClNS. The van der Waals surface area contributed by atoms with E-state index in [0.717, 1.165) is 0 Å². The summed E-state index contributed by atoms with van der Waals surface area (Å²) < 4.78 is 1.34. The lowest BCUT2D eigenvalue weighted by molar-refractivity contribution is 1.58. The molecule has 0 atom stereocenters. The summed E-state index contributed by atoms with van der Waals surface area (Å²) in [5.41, 5.74) is 1.23. The molecule has 1 N–H and O–H groups in total. The van der Waals surface area contributed by atoms with Crippen molar-refractivity contribution in [2.24, 2.45) is 0 Å². The van der Waals surface area contributed by atoms with E-state index in [1.165, 1.54) is 15.8 Å². The Balaban J connectivity index is 0.000000720. The molecule has 0 amide bonds. The van der Waals surface area contributed by atoms with Gasteiger partial charge in [-0.3, -0.25) is 0 Å². The number of rotatable bonds is 1. The molecule has 0 spiro atoms. The molecule has 0 radical (unpaired) electrons. The summed E-state index contributed by atoms with van der Waals surface area (Å²) >= 11 is 1.78. The Kier molecular flexibility index (Phi) is 2.95. The second kappa shape index (κ2) is 3.78. The standard InChI is InChI=1S/C9H9NS.ClH/c1-10-8-6-11-9-5-3-2-4-7(8)9;/h2-6,10H,1H3;1H. The largest absolute Gasteiger partial charge is 0.387 e. The van der Waals surface area contributed by atoms with E-state index >= 15 is 0 Å². The first-order chi connectivity index (χ1) is 5.42. The van der Waals surface area contributed by atoms with Crippen molar-refractivity contribution in [2.45, 2.75) is 0 Å². The molecule has 0 aliphatic rings. The minimum Gasteiger partial charge on any atom is -0.387 e. The molecule has 3 heteroatoms.